The highest BCUT2D eigenvalue weighted by Gasteiger charge is 2.08. The number of nitrogens with zero attached hydrogens (tertiary/aromatic N) is 1. The van der Waals surface area contributed by atoms with Gasteiger partial charge < -0.3 is 14.7 Å². The van der Waals surface area contributed by atoms with Crippen molar-refractivity contribution in [1.29, 1.82) is 0 Å². The van der Waals surface area contributed by atoms with Crippen molar-refractivity contribution in [3.8, 4) is 5.75 Å². The second kappa shape index (κ2) is 5.53. The Kier molecular flexibility index (Phi) is 3.46. The van der Waals surface area contributed by atoms with Crippen LogP contribution in [-0.4, -0.2) is 17.1 Å². The molecular formula is C19H19N3OS. The van der Waals surface area contributed by atoms with Gasteiger partial charge in [0, 0.05) is 22.3 Å². The quantitative estimate of drug-likeness (QED) is 0.729. The van der Waals surface area contributed by atoms with Gasteiger partial charge in [0.05, 0.1) is 33.4 Å². The fraction of sp³-hybridized carbons (Fsp3) is 0.211. The number of aromatic nitrogens is 2. The molecule has 0 radical (unpaired) electrons. The van der Waals surface area contributed by atoms with Gasteiger partial charge in [-0.05, 0) is 50.6 Å². The molecule has 0 spiro atoms. The lowest BCUT2D eigenvalue weighted by atomic mass is 10.2. The summed E-state index contributed by atoms with van der Waals surface area (Å²) in [6.07, 6.45) is 4.21. The van der Waals surface area contributed by atoms with Crippen LogP contribution in [0.2, 0.25) is 0 Å². The van der Waals surface area contributed by atoms with Crippen molar-refractivity contribution in [2.24, 2.45) is 4.99 Å². The summed E-state index contributed by atoms with van der Waals surface area (Å²) in [7, 11) is 1.69. The molecule has 122 valence electrons. The number of H-pyrrole nitrogens is 2. The van der Waals surface area contributed by atoms with Crippen LogP contribution in [0.3, 0.4) is 0 Å². The molecule has 1 aliphatic rings. The summed E-state index contributed by atoms with van der Waals surface area (Å²) in [5.74, 6) is 0.819. The van der Waals surface area contributed by atoms with E-state index in [1.165, 1.54) is 15.0 Å². The number of methoxy groups -OCH3 is 1. The second-order valence-electron chi connectivity index (χ2n) is 6.11. The van der Waals surface area contributed by atoms with E-state index in [1.807, 2.05) is 6.07 Å². The molecule has 4 nitrogen and oxygen atoms in total. The van der Waals surface area contributed by atoms with Crippen LogP contribution in [0.1, 0.15) is 21.8 Å². The maximum Gasteiger partial charge on any atom is 0.144 e. The zero-order valence-electron chi connectivity index (χ0n) is 14.2. The van der Waals surface area contributed by atoms with Gasteiger partial charge in [0.2, 0.25) is 0 Å². The van der Waals surface area contributed by atoms with E-state index in [0.29, 0.717) is 0 Å². The number of thiophene rings is 1. The van der Waals surface area contributed by atoms with Gasteiger partial charge in [0.1, 0.15) is 5.75 Å². The van der Waals surface area contributed by atoms with Crippen LogP contribution in [0.25, 0.3) is 17.8 Å². The van der Waals surface area contributed by atoms with Gasteiger partial charge in [-0.15, -0.1) is 11.3 Å². The minimum atomic E-state index is 0.819. The van der Waals surface area contributed by atoms with Gasteiger partial charge in [-0.2, -0.15) is 0 Å². The minimum Gasteiger partial charge on any atom is -0.494 e. The molecule has 2 N–H and O–H groups in total. The molecule has 24 heavy (non-hydrogen) atoms. The summed E-state index contributed by atoms with van der Waals surface area (Å²) < 4.78 is 6.76. The first-order valence-corrected chi connectivity index (χ1v) is 8.67. The van der Waals surface area contributed by atoms with Crippen LogP contribution in [0.4, 0.5) is 0 Å². The summed E-state index contributed by atoms with van der Waals surface area (Å²) in [4.78, 5) is 12.8. The van der Waals surface area contributed by atoms with E-state index in [0.717, 1.165) is 38.9 Å². The molecule has 0 aliphatic carbocycles. The molecule has 0 aromatic carbocycles. The number of aromatic amines is 2. The van der Waals surface area contributed by atoms with Crippen molar-refractivity contribution >= 4 is 29.2 Å². The Bertz CT molecular complexity index is 1140. The highest BCUT2D eigenvalue weighted by molar-refractivity contribution is 7.09. The Labute approximate surface area is 143 Å². The zero-order valence-corrected chi connectivity index (χ0v) is 15.0. The topological polar surface area (TPSA) is 53.2 Å². The van der Waals surface area contributed by atoms with Crippen LogP contribution in [0.15, 0.2) is 23.2 Å². The number of ether oxygens (including phenoxy) is 1. The summed E-state index contributed by atoms with van der Waals surface area (Å²) >= 11 is 1.77. The van der Waals surface area contributed by atoms with Gasteiger partial charge in [-0.25, -0.2) is 4.99 Å². The number of hydrogen-bond acceptors (Lipinski definition) is 3. The summed E-state index contributed by atoms with van der Waals surface area (Å²) in [5.41, 5.74) is 4.41. The van der Waals surface area contributed by atoms with Crippen LogP contribution in [0.5, 0.6) is 5.75 Å². The number of fused-ring (bicyclic) bond motifs is 1. The highest BCUT2D eigenvalue weighted by Crippen LogP contribution is 2.11. The average molecular weight is 337 g/mol. The predicted octanol–water partition coefficient (Wildman–Crippen LogP) is 1.39. The standard InChI is InChI=1S/C19H19N3OS/c1-10-5-11(2)20-13(10)7-16-18(23-4)8-14(21-16)15-9-19-17(22-15)6-12(3)24-19/h5-9,20-21H,1-4H3. The van der Waals surface area contributed by atoms with Crippen LogP contribution < -0.4 is 25.3 Å². The normalized spacial score (nSPS) is 16.1. The summed E-state index contributed by atoms with van der Waals surface area (Å²) in [6, 6.07) is 6.27. The Morgan fingerprint density at radius 3 is 2.62 bits per heavy atom. The predicted molar refractivity (Wildman–Crippen MR) is 98.1 cm³/mol. The molecular weight excluding hydrogens is 318 g/mol. The molecule has 1 aliphatic heterocycles. The highest BCUT2D eigenvalue weighted by atomic mass is 32.1. The van der Waals surface area contributed by atoms with E-state index in [2.05, 4.69) is 55.0 Å². The molecule has 3 aromatic rings. The van der Waals surface area contributed by atoms with Gasteiger partial charge in [-0.3, -0.25) is 0 Å². The molecule has 4 rings (SSSR count). The van der Waals surface area contributed by atoms with Gasteiger partial charge in [0.15, 0.2) is 0 Å². The number of nitrogens with one attached hydrogen (secondary N) is 2. The van der Waals surface area contributed by atoms with E-state index < -0.39 is 0 Å². The molecule has 0 saturated heterocycles. The largest absolute Gasteiger partial charge is 0.494 e. The Morgan fingerprint density at radius 2 is 1.96 bits per heavy atom. The first-order valence-electron chi connectivity index (χ1n) is 7.85. The van der Waals surface area contributed by atoms with Gasteiger partial charge >= 0.3 is 0 Å². The SMILES string of the molecule is COc1cc(=C2C=c3sc(C)cc3=N2)[nH]c1=Cc1[nH]c(C)cc1C. The molecule has 0 fully saturated rings. The van der Waals surface area contributed by atoms with E-state index in [-0.39, 0.29) is 0 Å². The van der Waals surface area contributed by atoms with Crippen molar-refractivity contribution < 1.29 is 4.74 Å². The van der Waals surface area contributed by atoms with Crippen LogP contribution in [-0.2, 0) is 0 Å². The number of aryl methyl sites for hydroxylation is 3. The van der Waals surface area contributed by atoms with Crippen molar-refractivity contribution in [2.45, 2.75) is 20.8 Å². The third kappa shape index (κ3) is 2.51. The molecule has 0 atom stereocenters. The fourth-order valence-electron chi connectivity index (χ4n) is 3.04. The maximum absolute atomic E-state index is 5.54. The smallest absolute Gasteiger partial charge is 0.144 e. The van der Waals surface area contributed by atoms with E-state index in [9.17, 15) is 0 Å². The first-order chi connectivity index (χ1) is 11.5. The minimum absolute atomic E-state index is 0.819. The maximum atomic E-state index is 5.54. The van der Waals surface area contributed by atoms with Crippen molar-refractivity contribution in [3.05, 3.63) is 60.6 Å². The number of hydrogen-bond donors (Lipinski definition) is 2. The monoisotopic (exact) mass is 337 g/mol. The lowest BCUT2D eigenvalue weighted by Crippen LogP contribution is -2.12. The molecule has 4 heterocycles. The Morgan fingerprint density at radius 1 is 1.12 bits per heavy atom. The van der Waals surface area contributed by atoms with Gasteiger partial charge in [-0.1, -0.05) is 0 Å². The molecule has 0 saturated carbocycles. The Balaban J connectivity index is 1.90. The number of rotatable bonds is 2. The molecule has 5 heteroatoms. The first kappa shape index (κ1) is 15.0. The van der Waals surface area contributed by atoms with E-state index >= 15 is 0 Å². The van der Waals surface area contributed by atoms with Crippen molar-refractivity contribution in [3.63, 3.8) is 0 Å². The lowest BCUT2D eigenvalue weighted by Gasteiger charge is -1.94. The molecule has 0 unspecified atom stereocenters. The third-order valence-corrected chi connectivity index (χ3v) is 5.14. The van der Waals surface area contributed by atoms with E-state index in [4.69, 9.17) is 9.73 Å². The van der Waals surface area contributed by atoms with Crippen molar-refractivity contribution in [2.75, 3.05) is 7.11 Å². The second-order valence-corrected chi connectivity index (χ2v) is 7.39. The average Bonchev–Trinajstić information content (AvgIpc) is 3.23. The van der Waals surface area contributed by atoms with E-state index in [1.54, 1.807) is 18.4 Å². The lowest BCUT2D eigenvalue weighted by molar-refractivity contribution is 0.412. The van der Waals surface area contributed by atoms with Gasteiger partial charge in [0.25, 0.3) is 0 Å². The van der Waals surface area contributed by atoms with Crippen LogP contribution >= 0.6 is 11.3 Å². The Hall–Kier alpha value is -2.53. The fourth-order valence-corrected chi connectivity index (χ4v) is 3.94. The summed E-state index contributed by atoms with van der Waals surface area (Å²) in [6.45, 7) is 6.27. The molecule has 3 aromatic heterocycles. The third-order valence-electron chi connectivity index (χ3n) is 4.16. The zero-order chi connectivity index (χ0) is 16.8. The molecule has 0 amide bonds. The summed E-state index contributed by atoms with van der Waals surface area (Å²) in [5, 5.41) is 2.97. The van der Waals surface area contributed by atoms with Crippen LogP contribution in [0, 0.1) is 20.8 Å². The van der Waals surface area contributed by atoms with Crippen molar-refractivity contribution in [1.82, 2.24) is 9.97 Å². The molecule has 0 bridgehead atoms.